The Labute approximate surface area is 366 Å². The second-order valence-electron chi connectivity index (χ2n) is 18.6. The van der Waals surface area contributed by atoms with E-state index in [9.17, 15) is 0 Å². The number of rotatable bonds is 6. The molecule has 0 atom stereocenters. The zero-order valence-electron chi connectivity index (χ0n) is 36.2. The van der Waals surface area contributed by atoms with Gasteiger partial charge in [-0.1, -0.05) is 172 Å². The summed E-state index contributed by atoms with van der Waals surface area (Å²) < 4.78 is 0. The van der Waals surface area contributed by atoms with Crippen molar-refractivity contribution in [2.24, 2.45) is 0 Å². The molecule has 2 heterocycles. The van der Waals surface area contributed by atoms with Gasteiger partial charge < -0.3 is 9.80 Å². The van der Waals surface area contributed by atoms with Gasteiger partial charge in [-0.3, -0.25) is 0 Å². The molecule has 10 aromatic carbocycles. The second-order valence-corrected chi connectivity index (χ2v) is 27.2. The first-order valence-corrected chi connectivity index (χ1v) is 28.0. The Morgan fingerprint density at radius 2 is 0.661 bits per heavy atom. The Balaban J connectivity index is 1.13. The van der Waals surface area contributed by atoms with Crippen molar-refractivity contribution in [1.82, 2.24) is 0 Å². The Hall–Kier alpha value is -6.73. The Morgan fingerprint density at radius 1 is 0.306 bits per heavy atom. The van der Waals surface area contributed by atoms with E-state index < -0.39 is 16.1 Å². The standard InChI is InChI=1S/C58H48N2Si2/c1-37-17-7-11-23-47(37)59(51-25-15-21-43-41-19-9-13-27-53(41)61(3,4)57(43)51)49-35-31-39-30-34-46-50(36-32-40-29-33-45(49)55(39)56(40)46)60(48-24-12-8-18-38(48)2)52-26-16-22-44-42-20-10-14-28-54(42)62(5,6)58(44)52/h7-36H,1-6H3. The van der Waals surface area contributed by atoms with Crippen LogP contribution in [0.4, 0.5) is 34.1 Å². The van der Waals surface area contributed by atoms with Crippen LogP contribution in [0.3, 0.4) is 0 Å². The van der Waals surface area contributed by atoms with Gasteiger partial charge >= 0.3 is 0 Å². The van der Waals surface area contributed by atoms with E-state index >= 15 is 0 Å². The van der Waals surface area contributed by atoms with Crippen LogP contribution < -0.4 is 30.5 Å². The molecule has 0 saturated carbocycles. The maximum absolute atomic E-state index is 2.60. The van der Waals surface area contributed by atoms with Gasteiger partial charge in [0, 0.05) is 33.5 Å². The van der Waals surface area contributed by atoms with Crippen LogP contribution >= 0.6 is 0 Å². The minimum atomic E-state index is -2.08. The third-order valence-electron chi connectivity index (χ3n) is 14.4. The molecule has 298 valence electrons. The summed E-state index contributed by atoms with van der Waals surface area (Å²) in [4.78, 5) is 5.19. The number of fused-ring (bicyclic) bond motifs is 6. The highest BCUT2D eigenvalue weighted by atomic mass is 28.3. The minimum Gasteiger partial charge on any atom is -0.310 e. The number of anilines is 6. The van der Waals surface area contributed by atoms with Gasteiger partial charge in [-0.05, 0) is 126 Å². The van der Waals surface area contributed by atoms with Crippen molar-refractivity contribution in [3.8, 4) is 22.3 Å². The van der Waals surface area contributed by atoms with E-state index in [0.717, 1.165) is 0 Å². The predicted molar refractivity (Wildman–Crippen MR) is 273 cm³/mol. The first-order valence-electron chi connectivity index (χ1n) is 22.0. The quantitative estimate of drug-likeness (QED) is 0.122. The third-order valence-corrected chi connectivity index (χ3v) is 21.5. The number of hydrogen-bond acceptors (Lipinski definition) is 2. The second kappa shape index (κ2) is 13.4. The molecule has 0 spiro atoms. The summed E-state index contributed by atoms with van der Waals surface area (Å²) in [6, 6.07) is 69.1. The Kier molecular flexibility index (Phi) is 8.00. The molecule has 4 heteroatoms. The summed E-state index contributed by atoms with van der Waals surface area (Å²) in [5.41, 5.74) is 15.5. The molecule has 0 aliphatic carbocycles. The summed E-state index contributed by atoms with van der Waals surface area (Å²) in [5.74, 6) is 0. The first-order chi connectivity index (χ1) is 30.1. The Morgan fingerprint density at radius 3 is 1.10 bits per heavy atom. The topological polar surface area (TPSA) is 6.48 Å². The summed E-state index contributed by atoms with van der Waals surface area (Å²) >= 11 is 0. The largest absolute Gasteiger partial charge is 0.310 e. The highest BCUT2D eigenvalue weighted by Gasteiger charge is 2.42. The zero-order valence-corrected chi connectivity index (χ0v) is 38.2. The molecule has 0 fully saturated rings. The lowest BCUT2D eigenvalue weighted by Gasteiger charge is -2.34. The van der Waals surface area contributed by atoms with E-state index in [1.165, 1.54) is 121 Å². The normalized spacial score (nSPS) is 14.2. The van der Waals surface area contributed by atoms with Crippen LogP contribution in [0, 0.1) is 13.8 Å². The van der Waals surface area contributed by atoms with E-state index in [1.807, 2.05) is 0 Å². The molecule has 2 aliphatic rings. The van der Waals surface area contributed by atoms with Gasteiger partial charge in [0.05, 0.1) is 11.4 Å². The van der Waals surface area contributed by atoms with E-state index in [4.69, 9.17) is 0 Å². The van der Waals surface area contributed by atoms with Crippen molar-refractivity contribution in [2.45, 2.75) is 40.0 Å². The van der Waals surface area contributed by atoms with Gasteiger partial charge in [0.1, 0.15) is 16.1 Å². The van der Waals surface area contributed by atoms with Gasteiger partial charge in [0.2, 0.25) is 0 Å². The van der Waals surface area contributed by atoms with Gasteiger partial charge in [0.15, 0.2) is 0 Å². The fourth-order valence-electron chi connectivity index (χ4n) is 11.6. The van der Waals surface area contributed by atoms with Crippen LogP contribution in [-0.4, -0.2) is 16.1 Å². The van der Waals surface area contributed by atoms with E-state index in [1.54, 1.807) is 0 Å². The molecule has 62 heavy (non-hydrogen) atoms. The fraction of sp³-hybridized carbons (Fsp3) is 0.103. The lowest BCUT2D eigenvalue weighted by Crippen LogP contribution is -2.50. The summed E-state index contributed by atoms with van der Waals surface area (Å²) in [7, 11) is -4.15. The molecular weight excluding hydrogens is 781 g/mol. The van der Waals surface area contributed by atoms with Gasteiger partial charge in [0.25, 0.3) is 0 Å². The lowest BCUT2D eigenvalue weighted by molar-refractivity contribution is 1.27. The monoisotopic (exact) mass is 828 g/mol. The molecule has 0 unspecified atom stereocenters. The van der Waals surface area contributed by atoms with Crippen LogP contribution in [0.25, 0.3) is 54.6 Å². The van der Waals surface area contributed by atoms with Crippen LogP contribution in [0.15, 0.2) is 182 Å². The predicted octanol–water partition coefficient (Wildman–Crippen LogP) is 13.7. The van der Waals surface area contributed by atoms with Crippen molar-refractivity contribution in [3.63, 3.8) is 0 Å². The number of aryl methyl sites for hydroxylation is 2. The summed E-state index contributed by atoms with van der Waals surface area (Å²) in [6.07, 6.45) is 0. The van der Waals surface area contributed by atoms with Gasteiger partial charge in [-0.25, -0.2) is 0 Å². The van der Waals surface area contributed by atoms with E-state index in [0.29, 0.717) is 0 Å². The SMILES string of the molecule is Cc1ccccc1N(c1cccc2c1[Si](C)(C)c1ccccc1-2)c1ccc2ccc3c(N(c4ccccc4C)c4cccc5c4[Si](C)(C)c4ccccc4-5)ccc4ccc1c2c43. The number of nitrogens with zero attached hydrogens (tertiary/aromatic N) is 2. The van der Waals surface area contributed by atoms with Gasteiger partial charge in [-0.15, -0.1) is 0 Å². The molecule has 2 aliphatic heterocycles. The molecule has 10 aromatic rings. The molecule has 0 aromatic heterocycles. The van der Waals surface area contributed by atoms with Crippen molar-refractivity contribution >= 4 is 103 Å². The molecule has 0 bridgehead atoms. The summed E-state index contributed by atoms with van der Waals surface area (Å²) in [6.45, 7) is 14.7. The van der Waals surface area contributed by atoms with Crippen molar-refractivity contribution in [1.29, 1.82) is 0 Å². The highest BCUT2D eigenvalue weighted by Crippen LogP contribution is 2.49. The zero-order chi connectivity index (χ0) is 42.1. The lowest BCUT2D eigenvalue weighted by atomic mass is 9.91. The van der Waals surface area contributed by atoms with E-state index in [2.05, 4.69) is 232 Å². The maximum Gasteiger partial charge on any atom is 0.116 e. The third kappa shape index (κ3) is 5.08. The molecule has 0 amide bonds. The highest BCUT2D eigenvalue weighted by molar-refractivity contribution is 7.05. The summed E-state index contributed by atoms with van der Waals surface area (Å²) in [5, 5.41) is 13.7. The first kappa shape index (κ1) is 37.1. The molecule has 2 nitrogen and oxygen atoms in total. The molecule has 12 rings (SSSR count). The molecule has 0 N–H and O–H groups in total. The van der Waals surface area contributed by atoms with Crippen molar-refractivity contribution in [2.75, 3.05) is 9.80 Å². The molecule has 0 saturated heterocycles. The van der Waals surface area contributed by atoms with Gasteiger partial charge in [-0.2, -0.15) is 0 Å². The van der Waals surface area contributed by atoms with Crippen LogP contribution in [0.1, 0.15) is 11.1 Å². The molecule has 0 radical (unpaired) electrons. The van der Waals surface area contributed by atoms with E-state index in [-0.39, 0.29) is 0 Å². The number of benzene rings is 10. The van der Waals surface area contributed by atoms with Crippen molar-refractivity contribution in [3.05, 3.63) is 193 Å². The fourth-order valence-corrected chi connectivity index (χ4v) is 18.4. The van der Waals surface area contributed by atoms with Crippen LogP contribution in [-0.2, 0) is 0 Å². The minimum absolute atomic E-state index is 1.21. The average molecular weight is 829 g/mol. The number of hydrogen-bond donors (Lipinski definition) is 0. The molecular formula is C58H48N2Si2. The van der Waals surface area contributed by atoms with Crippen LogP contribution in [0.2, 0.25) is 26.2 Å². The smallest absolute Gasteiger partial charge is 0.116 e. The Bertz CT molecular complexity index is 3240. The van der Waals surface area contributed by atoms with Crippen molar-refractivity contribution < 1.29 is 0 Å². The number of para-hydroxylation sites is 2. The average Bonchev–Trinajstić information content (AvgIpc) is 3.68. The maximum atomic E-state index is 2.60. The van der Waals surface area contributed by atoms with Crippen LogP contribution in [0.5, 0.6) is 0 Å².